The van der Waals surface area contributed by atoms with Crippen molar-refractivity contribution in [1.29, 1.82) is 0 Å². The molecule has 0 spiro atoms. The van der Waals surface area contributed by atoms with Crippen molar-refractivity contribution in [2.24, 2.45) is 5.92 Å². The van der Waals surface area contributed by atoms with Crippen molar-refractivity contribution in [3.05, 3.63) is 109 Å². The summed E-state index contributed by atoms with van der Waals surface area (Å²) in [6.45, 7) is -0.481. The van der Waals surface area contributed by atoms with Gasteiger partial charge in [0.25, 0.3) is 0 Å². The lowest BCUT2D eigenvalue weighted by Crippen LogP contribution is -2.33. The Morgan fingerprint density at radius 2 is 1.64 bits per heavy atom. The SMILES string of the molecule is O=C(Cn1c2c(sc1=O)[C@@H](c1ccccc1)[C@@H]1C(=O)N(c3ccc(Br)cc3)C(=O)[C@@H]1S2)Nc1cccc(C(F)(F)F)c1. The molecule has 3 atom stereocenters. The minimum Gasteiger partial charge on any atom is -0.325 e. The average molecular weight is 675 g/mol. The number of benzene rings is 3. The molecule has 0 unspecified atom stereocenters. The van der Waals surface area contributed by atoms with E-state index in [2.05, 4.69) is 21.2 Å². The van der Waals surface area contributed by atoms with Crippen molar-refractivity contribution >= 4 is 68.1 Å². The van der Waals surface area contributed by atoms with Crippen LogP contribution in [0.5, 0.6) is 0 Å². The molecule has 13 heteroatoms. The molecule has 4 aromatic rings. The Bertz CT molecular complexity index is 1770. The zero-order valence-corrected chi connectivity index (χ0v) is 24.5. The van der Waals surface area contributed by atoms with Crippen LogP contribution in [0.4, 0.5) is 24.5 Å². The molecular formula is C29H19BrF3N3O4S2. The molecule has 3 amide bonds. The van der Waals surface area contributed by atoms with Crippen LogP contribution in [0.25, 0.3) is 0 Å². The van der Waals surface area contributed by atoms with Gasteiger partial charge in [-0.1, -0.05) is 75.4 Å². The molecule has 1 fully saturated rings. The number of hydrogen-bond donors (Lipinski definition) is 1. The minimum absolute atomic E-state index is 0.0662. The molecule has 42 heavy (non-hydrogen) atoms. The number of carbonyl (C=O) groups is 3. The highest BCUT2D eigenvalue weighted by Gasteiger charge is 2.56. The maximum atomic E-state index is 13.9. The monoisotopic (exact) mass is 673 g/mol. The van der Waals surface area contributed by atoms with Crippen molar-refractivity contribution < 1.29 is 27.6 Å². The van der Waals surface area contributed by atoms with E-state index in [1.165, 1.54) is 21.6 Å². The van der Waals surface area contributed by atoms with Gasteiger partial charge in [0.2, 0.25) is 17.7 Å². The van der Waals surface area contributed by atoms with Crippen LogP contribution in [0, 0.1) is 5.92 Å². The van der Waals surface area contributed by atoms with E-state index in [1.807, 2.05) is 30.3 Å². The summed E-state index contributed by atoms with van der Waals surface area (Å²) >= 11 is 5.32. The highest BCUT2D eigenvalue weighted by Crippen LogP contribution is 2.53. The van der Waals surface area contributed by atoms with E-state index in [9.17, 15) is 32.3 Å². The van der Waals surface area contributed by atoms with Gasteiger partial charge in [-0.25, -0.2) is 4.90 Å². The Hall–Kier alpha value is -3.68. The van der Waals surface area contributed by atoms with Gasteiger partial charge >= 0.3 is 11.0 Å². The molecule has 1 saturated heterocycles. The number of carbonyl (C=O) groups excluding carboxylic acids is 3. The Morgan fingerprint density at radius 3 is 2.33 bits per heavy atom. The Morgan fingerprint density at radius 1 is 0.929 bits per heavy atom. The number of thiazole rings is 1. The predicted molar refractivity (Wildman–Crippen MR) is 157 cm³/mol. The van der Waals surface area contributed by atoms with Crippen LogP contribution in [0.15, 0.2) is 93.2 Å². The van der Waals surface area contributed by atoms with Crippen LogP contribution in [0.3, 0.4) is 0 Å². The van der Waals surface area contributed by atoms with Gasteiger partial charge in [0.15, 0.2) is 0 Å². The quantitative estimate of drug-likeness (QED) is 0.258. The summed E-state index contributed by atoms with van der Waals surface area (Å²) in [7, 11) is 0. The second kappa shape index (κ2) is 10.9. The van der Waals surface area contributed by atoms with E-state index in [-0.39, 0.29) is 11.6 Å². The van der Waals surface area contributed by atoms with Gasteiger partial charge in [-0.15, -0.1) is 0 Å². The number of nitrogens with one attached hydrogen (secondary N) is 1. The fourth-order valence-electron chi connectivity index (χ4n) is 5.24. The maximum absolute atomic E-state index is 13.9. The maximum Gasteiger partial charge on any atom is 0.416 e. The van der Waals surface area contributed by atoms with Crippen molar-refractivity contribution in [3.8, 4) is 0 Å². The first-order valence-electron chi connectivity index (χ1n) is 12.6. The summed E-state index contributed by atoms with van der Waals surface area (Å²) < 4.78 is 41.4. The van der Waals surface area contributed by atoms with Crippen molar-refractivity contribution in [1.82, 2.24) is 4.57 Å². The highest BCUT2D eigenvalue weighted by atomic mass is 79.9. The Balaban J connectivity index is 1.36. The average Bonchev–Trinajstić information content (AvgIpc) is 3.40. The summed E-state index contributed by atoms with van der Waals surface area (Å²) in [5.74, 6) is -2.92. The number of amides is 3. The van der Waals surface area contributed by atoms with Crippen LogP contribution >= 0.6 is 39.0 Å². The summed E-state index contributed by atoms with van der Waals surface area (Å²) in [5.41, 5.74) is 0.187. The number of halogens is 4. The van der Waals surface area contributed by atoms with Gasteiger partial charge < -0.3 is 5.32 Å². The Kier molecular flexibility index (Phi) is 7.36. The number of anilines is 2. The molecule has 0 saturated carbocycles. The highest BCUT2D eigenvalue weighted by molar-refractivity contribution is 9.10. The van der Waals surface area contributed by atoms with E-state index in [0.717, 1.165) is 45.3 Å². The number of alkyl halides is 3. The van der Waals surface area contributed by atoms with E-state index >= 15 is 0 Å². The zero-order chi connectivity index (χ0) is 29.8. The van der Waals surface area contributed by atoms with Crippen LogP contribution in [0.2, 0.25) is 0 Å². The zero-order valence-electron chi connectivity index (χ0n) is 21.3. The molecule has 0 bridgehead atoms. The van der Waals surface area contributed by atoms with Crippen LogP contribution in [-0.2, 0) is 27.1 Å². The summed E-state index contributed by atoms with van der Waals surface area (Å²) in [4.78, 5) is 55.0. The van der Waals surface area contributed by atoms with Crippen LogP contribution < -0.4 is 15.1 Å². The lowest BCUT2D eigenvalue weighted by atomic mass is 9.83. The van der Waals surface area contributed by atoms with Gasteiger partial charge in [-0.2, -0.15) is 13.2 Å². The summed E-state index contributed by atoms with van der Waals surface area (Å²) in [5, 5.41) is 1.96. The fourth-order valence-corrected chi connectivity index (χ4v) is 8.27. The smallest absolute Gasteiger partial charge is 0.325 e. The standard InChI is InChI=1S/C29H19BrF3N3O4S2/c30-17-9-11-19(12-10-17)36-25(38)22-21(15-5-2-1-3-6-15)24-27(41-23(22)26(36)39)35(28(40)42-24)14-20(37)34-18-8-4-7-16(13-18)29(31,32)33/h1-13,21-23H,14H2,(H,34,37)/t21-,22-,23+/m0/s1. The summed E-state index contributed by atoms with van der Waals surface area (Å²) in [6, 6.07) is 20.1. The second-order valence-electron chi connectivity index (χ2n) is 9.69. The largest absolute Gasteiger partial charge is 0.416 e. The molecule has 2 aliphatic heterocycles. The number of imide groups is 1. The first-order chi connectivity index (χ1) is 20.0. The molecule has 6 rings (SSSR count). The normalized spacial score (nSPS) is 19.9. The number of aromatic nitrogens is 1. The van der Waals surface area contributed by atoms with Gasteiger partial charge in [0, 0.05) is 21.0 Å². The third-order valence-electron chi connectivity index (χ3n) is 7.07. The first kappa shape index (κ1) is 28.4. The number of nitrogens with zero attached hydrogens (tertiary/aromatic N) is 2. The predicted octanol–water partition coefficient (Wildman–Crippen LogP) is 6.13. The molecule has 7 nitrogen and oxygen atoms in total. The third kappa shape index (κ3) is 5.09. The fraction of sp³-hybridized carbons (Fsp3) is 0.172. The third-order valence-corrected chi connectivity index (χ3v) is 10.2. The molecule has 2 aliphatic rings. The van der Waals surface area contributed by atoms with Crippen molar-refractivity contribution in [3.63, 3.8) is 0 Å². The molecule has 1 aromatic heterocycles. The number of fused-ring (bicyclic) bond motifs is 2. The summed E-state index contributed by atoms with van der Waals surface area (Å²) in [6.07, 6.45) is -4.58. The lowest BCUT2D eigenvalue weighted by molar-refractivity contribution is -0.137. The van der Waals surface area contributed by atoms with Crippen molar-refractivity contribution in [2.75, 3.05) is 10.2 Å². The van der Waals surface area contributed by atoms with E-state index < -0.39 is 52.1 Å². The molecular weight excluding hydrogens is 655 g/mol. The van der Waals surface area contributed by atoms with Gasteiger partial charge in [0.1, 0.15) is 11.8 Å². The molecule has 0 aliphatic carbocycles. The molecule has 3 heterocycles. The molecule has 3 aromatic carbocycles. The second-order valence-corrected chi connectivity index (χ2v) is 12.7. The van der Waals surface area contributed by atoms with Crippen LogP contribution in [-0.4, -0.2) is 27.5 Å². The van der Waals surface area contributed by atoms with Crippen LogP contribution in [0.1, 0.15) is 21.9 Å². The van der Waals surface area contributed by atoms with Gasteiger partial charge in [0.05, 0.1) is 22.2 Å². The van der Waals surface area contributed by atoms with E-state index in [0.29, 0.717) is 15.6 Å². The van der Waals surface area contributed by atoms with E-state index in [1.54, 1.807) is 24.3 Å². The number of hydrogen-bond acceptors (Lipinski definition) is 6. The van der Waals surface area contributed by atoms with Crippen molar-refractivity contribution in [2.45, 2.75) is 28.9 Å². The molecule has 214 valence electrons. The van der Waals surface area contributed by atoms with Gasteiger partial charge in [-0.3, -0.25) is 23.7 Å². The number of thioether (sulfide) groups is 1. The Labute approximate surface area is 253 Å². The minimum atomic E-state index is -4.58. The molecule has 0 radical (unpaired) electrons. The van der Waals surface area contributed by atoms with Gasteiger partial charge in [-0.05, 0) is 48.0 Å². The first-order valence-corrected chi connectivity index (χ1v) is 15.1. The van der Waals surface area contributed by atoms with E-state index in [4.69, 9.17) is 0 Å². The molecule has 1 N–H and O–H groups in total. The lowest BCUT2D eigenvalue weighted by Gasteiger charge is -2.30. The topological polar surface area (TPSA) is 88.5 Å². The number of rotatable bonds is 5.